The fraction of sp³-hybridized carbons (Fsp3) is 0.500. The largest absolute Gasteiger partial charge is 0.411 e. The summed E-state index contributed by atoms with van der Waals surface area (Å²) in [7, 11) is 0. The minimum absolute atomic E-state index is 0.388. The van der Waals surface area contributed by atoms with E-state index in [9.17, 15) is 0 Å². The molecular formula is C12H16N2O. The molecule has 15 heavy (non-hydrogen) atoms. The molecule has 0 unspecified atom stereocenters. The van der Waals surface area contributed by atoms with E-state index in [1.165, 1.54) is 19.3 Å². The number of rotatable bonds is 2. The molecule has 1 N–H and O–H groups in total. The lowest BCUT2D eigenvalue weighted by Gasteiger charge is -2.21. The van der Waals surface area contributed by atoms with Crippen LogP contribution in [0.25, 0.3) is 0 Å². The number of pyridine rings is 1. The maximum atomic E-state index is 9.08. The summed E-state index contributed by atoms with van der Waals surface area (Å²) in [4.78, 5) is 4.23. The average Bonchev–Trinajstić information content (AvgIpc) is 2.33. The lowest BCUT2D eigenvalue weighted by molar-refractivity contribution is 0.310. The van der Waals surface area contributed by atoms with Crippen LogP contribution in [0.1, 0.15) is 37.8 Å². The first-order chi connectivity index (χ1) is 7.42. The summed E-state index contributed by atoms with van der Waals surface area (Å²) in [6.07, 6.45) is 7.75. The van der Waals surface area contributed by atoms with Crippen molar-refractivity contribution < 1.29 is 5.21 Å². The van der Waals surface area contributed by atoms with E-state index in [1.807, 2.05) is 18.2 Å². The molecule has 1 aromatic rings. The van der Waals surface area contributed by atoms with Crippen molar-refractivity contribution in [3.05, 3.63) is 30.1 Å². The maximum absolute atomic E-state index is 9.08. The van der Waals surface area contributed by atoms with Crippen LogP contribution in [0.5, 0.6) is 0 Å². The molecule has 1 saturated carbocycles. The zero-order valence-corrected chi connectivity index (χ0v) is 8.76. The first-order valence-electron chi connectivity index (χ1n) is 5.55. The number of oxime groups is 1. The van der Waals surface area contributed by atoms with Gasteiger partial charge >= 0.3 is 0 Å². The summed E-state index contributed by atoms with van der Waals surface area (Å²) in [5.74, 6) is 0.388. The molecule has 80 valence electrons. The van der Waals surface area contributed by atoms with E-state index in [2.05, 4.69) is 10.1 Å². The van der Waals surface area contributed by atoms with Gasteiger partial charge in [0.15, 0.2) is 0 Å². The first kappa shape index (κ1) is 10.1. The van der Waals surface area contributed by atoms with Crippen LogP contribution >= 0.6 is 0 Å². The highest BCUT2D eigenvalue weighted by atomic mass is 16.4. The zero-order valence-electron chi connectivity index (χ0n) is 8.76. The van der Waals surface area contributed by atoms with E-state index in [0.717, 1.165) is 24.2 Å². The van der Waals surface area contributed by atoms with E-state index in [4.69, 9.17) is 5.21 Å². The first-order valence-corrected chi connectivity index (χ1v) is 5.55. The average molecular weight is 204 g/mol. The Balaban J connectivity index is 2.17. The van der Waals surface area contributed by atoms with Crippen LogP contribution in [0.15, 0.2) is 29.6 Å². The fourth-order valence-corrected chi connectivity index (χ4v) is 2.23. The van der Waals surface area contributed by atoms with Gasteiger partial charge in [-0.1, -0.05) is 30.5 Å². The van der Waals surface area contributed by atoms with Gasteiger partial charge in [-0.25, -0.2) is 0 Å². The molecule has 0 spiro atoms. The van der Waals surface area contributed by atoms with Crippen LogP contribution in [0.4, 0.5) is 0 Å². The molecule has 3 nitrogen and oxygen atoms in total. The Morgan fingerprint density at radius 1 is 1.27 bits per heavy atom. The second kappa shape index (κ2) is 4.91. The highest BCUT2D eigenvalue weighted by Gasteiger charge is 2.21. The molecule has 1 aliphatic rings. The molecule has 0 aliphatic heterocycles. The van der Waals surface area contributed by atoms with Crippen molar-refractivity contribution in [3.63, 3.8) is 0 Å². The minimum atomic E-state index is 0.388. The number of hydrogen-bond donors (Lipinski definition) is 1. The van der Waals surface area contributed by atoms with Crippen molar-refractivity contribution in [1.29, 1.82) is 0 Å². The lowest BCUT2D eigenvalue weighted by Crippen LogP contribution is -2.19. The predicted octanol–water partition coefficient (Wildman–Crippen LogP) is 2.84. The molecule has 1 aliphatic carbocycles. The van der Waals surface area contributed by atoms with Crippen LogP contribution < -0.4 is 0 Å². The summed E-state index contributed by atoms with van der Waals surface area (Å²) < 4.78 is 0. The van der Waals surface area contributed by atoms with Gasteiger partial charge in [-0.05, 0) is 25.0 Å². The SMILES string of the molecule is ON=C(c1ccccn1)C1CCCCC1. The second-order valence-electron chi connectivity index (χ2n) is 4.04. The Morgan fingerprint density at radius 2 is 2.07 bits per heavy atom. The van der Waals surface area contributed by atoms with Crippen molar-refractivity contribution in [2.45, 2.75) is 32.1 Å². The molecule has 0 amide bonds. The highest BCUT2D eigenvalue weighted by Crippen LogP contribution is 2.26. The standard InChI is InChI=1S/C12H16N2O/c15-14-12(10-6-2-1-3-7-10)11-8-4-5-9-13-11/h4-5,8-10,15H,1-3,6-7H2. The summed E-state index contributed by atoms with van der Waals surface area (Å²) in [6, 6.07) is 5.71. The van der Waals surface area contributed by atoms with E-state index in [0.29, 0.717) is 5.92 Å². The van der Waals surface area contributed by atoms with Gasteiger partial charge in [0.1, 0.15) is 5.71 Å². The molecule has 1 fully saturated rings. The Bertz CT molecular complexity index is 329. The van der Waals surface area contributed by atoms with Crippen molar-refractivity contribution in [2.75, 3.05) is 0 Å². The van der Waals surface area contributed by atoms with Gasteiger partial charge in [-0.3, -0.25) is 4.98 Å². The molecule has 0 atom stereocenters. The summed E-state index contributed by atoms with van der Waals surface area (Å²) in [5.41, 5.74) is 1.57. The molecule has 3 heteroatoms. The quantitative estimate of drug-likeness (QED) is 0.457. The Kier molecular flexibility index (Phi) is 3.33. The zero-order chi connectivity index (χ0) is 10.5. The van der Waals surface area contributed by atoms with E-state index in [-0.39, 0.29) is 0 Å². The van der Waals surface area contributed by atoms with Gasteiger partial charge in [-0.15, -0.1) is 0 Å². The molecule has 1 heterocycles. The number of nitrogens with zero attached hydrogens (tertiary/aromatic N) is 2. The molecule has 0 radical (unpaired) electrons. The van der Waals surface area contributed by atoms with Crippen molar-refractivity contribution in [2.24, 2.45) is 11.1 Å². The normalized spacial score (nSPS) is 19.1. The van der Waals surface area contributed by atoms with Crippen molar-refractivity contribution >= 4 is 5.71 Å². The van der Waals surface area contributed by atoms with Crippen molar-refractivity contribution in [1.82, 2.24) is 4.98 Å². The smallest absolute Gasteiger partial charge is 0.108 e. The van der Waals surface area contributed by atoms with Crippen LogP contribution in [0.2, 0.25) is 0 Å². The Labute approximate surface area is 89.8 Å². The number of hydrogen-bond acceptors (Lipinski definition) is 3. The summed E-state index contributed by atoms with van der Waals surface area (Å²) in [6.45, 7) is 0. The topological polar surface area (TPSA) is 45.5 Å². The van der Waals surface area contributed by atoms with Crippen LogP contribution in [0.3, 0.4) is 0 Å². The monoisotopic (exact) mass is 204 g/mol. The highest BCUT2D eigenvalue weighted by molar-refractivity contribution is 6.00. The summed E-state index contributed by atoms with van der Waals surface area (Å²) >= 11 is 0. The molecule has 0 saturated heterocycles. The Morgan fingerprint density at radius 3 is 2.67 bits per heavy atom. The second-order valence-corrected chi connectivity index (χ2v) is 4.04. The third-order valence-corrected chi connectivity index (χ3v) is 3.03. The molecule has 0 bridgehead atoms. The van der Waals surface area contributed by atoms with E-state index in [1.54, 1.807) is 6.20 Å². The lowest BCUT2D eigenvalue weighted by atomic mass is 9.84. The summed E-state index contributed by atoms with van der Waals surface area (Å²) in [5, 5.41) is 12.5. The van der Waals surface area contributed by atoms with Gasteiger partial charge in [0.2, 0.25) is 0 Å². The van der Waals surface area contributed by atoms with Crippen LogP contribution in [0, 0.1) is 5.92 Å². The van der Waals surface area contributed by atoms with E-state index < -0.39 is 0 Å². The predicted molar refractivity (Wildman–Crippen MR) is 59.1 cm³/mol. The minimum Gasteiger partial charge on any atom is -0.411 e. The third kappa shape index (κ3) is 2.35. The number of aromatic nitrogens is 1. The maximum Gasteiger partial charge on any atom is 0.108 e. The van der Waals surface area contributed by atoms with Gasteiger partial charge in [0.25, 0.3) is 0 Å². The van der Waals surface area contributed by atoms with Crippen LogP contribution in [-0.4, -0.2) is 15.9 Å². The van der Waals surface area contributed by atoms with Gasteiger partial charge in [0, 0.05) is 12.1 Å². The van der Waals surface area contributed by atoms with Crippen LogP contribution in [-0.2, 0) is 0 Å². The fourth-order valence-electron chi connectivity index (χ4n) is 2.23. The molecule has 0 aromatic carbocycles. The molecule has 2 rings (SSSR count). The van der Waals surface area contributed by atoms with Crippen molar-refractivity contribution in [3.8, 4) is 0 Å². The van der Waals surface area contributed by atoms with E-state index >= 15 is 0 Å². The van der Waals surface area contributed by atoms with Gasteiger partial charge in [-0.2, -0.15) is 0 Å². The molecule has 1 aromatic heterocycles. The molecular weight excluding hydrogens is 188 g/mol. The van der Waals surface area contributed by atoms with Gasteiger partial charge in [0.05, 0.1) is 5.69 Å². The third-order valence-electron chi connectivity index (χ3n) is 3.03. The van der Waals surface area contributed by atoms with Gasteiger partial charge < -0.3 is 5.21 Å². The Hall–Kier alpha value is -1.38.